The van der Waals surface area contributed by atoms with Gasteiger partial charge in [-0.05, 0) is 42.4 Å². The SMILES string of the molecule is CC(C)CN1CCn2nc(CNC(=O)C3CCc4ccccc4C3)cc2C1. The predicted octanol–water partition coefficient (Wildman–Crippen LogP) is 2.78. The third kappa shape index (κ3) is 4.24. The Morgan fingerprint density at radius 2 is 2.07 bits per heavy atom. The molecule has 2 aromatic rings. The minimum Gasteiger partial charge on any atom is -0.350 e. The van der Waals surface area contributed by atoms with Crippen molar-refractivity contribution in [2.75, 3.05) is 13.1 Å². The molecule has 5 heteroatoms. The standard InChI is InChI=1S/C22H30N4O/c1-16(2)14-25-9-10-26-21(15-25)12-20(24-26)13-23-22(27)19-8-7-17-5-3-4-6-18(17)11-19/h3-6,12,16,19H,7-11,13-15H2,1-2H3,(H,23,27). The van der Waals surface area contributed by atoms with Gasteiger partial charge in [-0.2, -0.15) is 5.10 Å². The van der Waals surface area contributed by atoms with Crippen LogP contribution in [0.25, 0.3) is 0 Å². The van der Waals surface area contributed by atoms with Crippen molar-refractivity contribution < 1.29 is 4.79 Å². The number of amides is 1. The Kier molecular flexibility index (Phi) is 5.30. The summed E-state index contributed by atoms with van der Waals surface area (Å²) in [6, 6.07) is 10.6. The third-order valence-electron chi connectivity index (χ3n) is 5.71. The third-order valence-corrected chi connectivity index (χ3v) is 5.71. The van der Waals surface area contributed by atoms with Crippen molar-refractivity contribution in [1.82, 2.24) is 20.0 Å². The van der Waals surface area contributed by atoms with Gasteiger partial charge in [0.2, 0.25) is 5.91 Å². The van der Waals surface area contributed by atoms with Crippen molar-refractivity contribution in [3.63, 3.8) is 0 Å². The van der Waals surface area contributed by atoms with Crippen LogP contribution in [0.5, 0.6) is 0 Å². The molecule has 0 radical (unpaired) electrons. The number of aromatic nitrogens is 2. The molecule has 0 fully saturated rings. The lowest BCUT2D eigenvalue weighted by Gasteiger charge is -2.28. The fourth-order valence-electron chi connectivity index (χ4n) is 4.38. The number of rotatable bonds is 5. The van der Waals surface area contributed by atoms with E-state index in [0.29, 0.717) is 12.5 Å². The Labute approximate surface area is 161 Å². The van der Waals surface area contributed by atoms with Gasteiger partial charge in [0.25, 0.3) is 0 Å². The molecule has 1 atom stereocenters. The molecule has 4 rings (SSSR count). The first-order chi connectivity index (χ1) is 13.1. The molecule has 27 heavy (non-hydrogen) atoms. The second kappa shape index (κ2) is 7.85. The Balaban J connectivity index is 1.32. The molecule has 144 valence electrons. The van der Waals surface area contributed by atoms with E-state index in [1.54, 1.807) is 0 Å². The van der Waals surface area contributed by atoms with E-state index in [1.807, 2.05) is 0 Å². The lowest BCUT2D eigenvalue weighted by molar-refractivity contribution is -0.125. The fourth-order valence-corrected chi connectivity index (χ4v) is 4.38. The summed E-state index contributed by atoms with van der Waals surface area (Å²) in [5, 5.41) is 7.82. The molecule has 1 aromatic heterocycles. The first kappa shape index (κ1) is 18.2. The molecule has 1 aliphatic carbocycles. The number of nitrogens with zero attached hydrogens (tertiary/aromatic N) is 3. The summed E-state index contributed by atoms with van der Waals surface area (Å²) in [6.45, 7) is 9.13. The van der Waals surface area contributed by atoms with Crippen LogP contribution >= 0.6 is 0 Å². The van der Waals surface area contributed by atoms with E-state index >= 15 is 0 Å². The van der Waals surface area contributed by atoms with Gasteiger partial charge in [0, 0.05) is 25.6 Å². The molecule has 0 saturated carbocycles. The monoisotopic (exact) mass is 366 g/mol. The van der Waals surface area contributed by atoms with Crippen LogP contribution in [0.2, 0.25) is 0 Å². The van der Waals surface area contributed by atoms with E-state index in [2.05, 4.69) is 59.1 Å². The number of aryl methyl sites for hydroxylation is 1. The molecular weight excluding hydrogens is 336 g/mol. The Hall–Kier alpha value is -2.14. The molecule has 1 aromatic carbocycles. The maximum atomic E-state index is 12.6. The Morgan fingerprint density at radius 3 is 2.89 bits per heavy atom. The van der Waals surface area contributed by atoms with E-state index in [9.17, 15) is 4.79 Å². The van der Waals surface area contributed by atoms with Crippen LogP contribution in [-0.4, -0.2) is 33.7 Å². The number of hydrogen-bond acceptors (Lipinski definition) is 3. The van der Waals surface area contributed by atoms with E-state index < -0.39 is 0 Å². The lowest BCUT2D eigenvalue weighted by atomic mass is 9.83. The summed E-state index contributed by atoms with van der Waals surface area (Å²) in [5.74, 6) is 0.925. The maximum absolute atomic E-state index is 12.6. The number of carbonyl (C=O) groups excluding carboxylic acids is 1. The summed E-state index contributed by atoms with van der Waals surface area (Å²) in [6.07, 6.45) is 2.79. The molecule has 1 N–H and O–H groups in total. The lowest BCUT2D eigenvalue weighted by Crippen LogP contribution is -2.36. The van der Waals surface area contributed by atoms with Crippen LogP contribution < -0.4 is 5.32 Å². The van der Waals surface area contributed by atoms with Gasteiger partial charge in [-0.1, -0.05) is 38.1 Å². The highest BCUT2D eigenvalue weighted by atomic mass is 16.1. The molecule has 1 unspecified atom stereocenters. The average molecular weight is 367 g/mol. The van der Waals surface area contributed by atoms with E-state index in [4.69, 9.17) is 5.10 Å². The van der Waals surface area contributed by atoms with Gasteiger partial charge in [0.05, 0.1) is 24.5 Å². The predicted molar refractivity (Wildman–Crippen MR) is 106 cm³/mol. The van der Waals surface area contributed by atoms with Gasteiger partial charge in [0.1, 0.15) is 0 Å². The molecular formula is C22H30N4O. The quantitative estimate of drug-likeness (QED) is 0.885. The highest BCUT2D eigenvalue weighted by Gasteiger charge is 2.25. The van der Waals surface area contributed by atoms with Crippen molar-refractivity contribution in [2.45, 2.75) is 52.7 Å². The minimum absolute atomic E-state index is 0.0821. The fraction of sp³-hybridized carbons (Fsp3) is 0.545. The van der Waals surface area contributed by atoms with Gasteiger partial charge >= 0.3 is 0 Å². The van der Waals surface area contributed by atoms with Crippen LogP contribution in [0.15, 0.2) is 30.3 Å². The molecule has 2 aliphatic rings. The van der Waals surface area contributed by atoms with Gasteiger partial charge in [-0.25, -0.2) is 0 Å². The summed E-state index contributed by atoms with van der Waals surface area (Å²) in [4.78, 5) is 15.1. The van der Waals surface area contributed by atoms with E-state index in [0.717, 1.165) is 51.1 Å². The summed E-state index contributed by atoms with van der Waals surface area (Å²) in [7, 11) is 0. The number of nitrogens with one attached hydrogen (secondary N) is 1. The van der Waals surface area contributed by atoms with Gasteiger partial charge in [-0.3, -0.25) is 14.4 Å². The second-order valence-corrected chi connectivity index (χ2v) is 8.41. The highest BCUT2D eigenvalue weighted by molar-refractivity contribution is 5.79. The molecule has 1 aliphatic heterocycles. The largest absolute Gasteiger partial charge is 0.350 e. The van der Waals surface area contributed by atoms with Crippen molar-refractivity contribution in [3.8, 4) is 0 Å². The van der Waals surface area contributed by atoms with Crippen molar-refractivity contribution >= 4 is 5.91 Å². The van der Waals surface area contributed by atoms with E-state index in [1.165, 1.54) is 16.8 Å². The normalized spacial score (nSPS) is 19.6. The van der Waals surface area contributed by atoms with Crippen LogP contribution in [-0.2, 0) is 37.3 Å². The van der Waals surface area contributed by atoms with Crippen molar-refractivity contribution in [1.29, 1.82) is 0 Å². The van der Waals surface area contributed by atoms with Crippen LogP contribution in [0, 0.1) is 11.8 Å². The average Bonchev–Trinajstić information content (AvgIpc) is 3.07. The van der Waals surface area contributed by atoms with Gasteiger partial charge < -0.3 is 5.32 Å². The number of benzene rings is 1. The zero-order valence-corrected chi connectivity index (χ0v) is 16.4. The molecule has 1 amide bonds. The van der Waals surface area contributed by atoms with Crippen LogP contribution in [0.4, 0.5) is 0 Å². The zero-order chi connectivity index (χ0) is 18.8. The highest BCUT2D eigenvalue weighted by Crippen LogP contribution is 2.25. The first-order valence-corrected chi connectivity index (χ1v) is 10.2. The first-order valence-electron chi connectivity index (χ1n) is 10.2. The number of carbonyl (C=O) groups is 1. The minimum atomic E-state index is 0.0821. The molecule has 0 bridgehead atoms. The molecule has 0 spiro atoms. The van der Waals surface area contributed by atoms with Crippen LogP contribution in [0.1, 0.15) is 42.8 Å². The maximum Gasteiger partial charge on any atom is 0.223 e. The van der Waals surface area contributed by atoms with Crippen molar-refractivity contribution in [3.05, 3.63) is 52.8 Å². The molecule has 0 saturated heterocycles. The summed E-state index contributed by atoms with van der Waals surface area (Å²) in [5.41, 5.74) is 4.96. The summed E-state index contributed by atoms with van der Waals surface area (Å²) < 4.78 is 2.11. The zero-order valence-electron chi connectivity index (χ0n) is 16.4. The summed E-state index contributed by atoms with van der Waals surface area (Å²) >= 11 is 0. The molecule has 5 nitrogen and oxygen atoms in total. The van der Waals surface area contributed by atoms with Crippen molar-refractivity contribution in [2.24, 2.45) is 11.8 Å². The topological polar surface area (TPSA) is 50.2 Å². The second-order valence-electron chi connectivity index (χ2n) is 8.41. The van der Waals surface area contributed by atoms with Crippen LogP contribution in [0.3, 0.4) is 0 Å². The Morgan fingerprint density at radius 1 is 1.26 bits per heavy atom. The number of hydrogen-bond donors (Lipinski definition) is 1. The number of fused-ring (bicyclic) bond motifs is 2. The van der Waals surface area contributed by atoms with Gasteiger partial charge in [0.15, 0.2) is 0 Å². The molecule has 2 heterocycles. The van der Waals surface area contributed by atoms with Gasteiger partial charge in [-0.15, -0.1) is 0 Å². The Bertz CT molecular complexity index is 810. The smallest absolute Gasteiger partial charge is 0.223 e. The van der Waals surface area contributed by atoms with E-state index in [-0.39, 0.29) is 11.8 Å².